The molecule has 4 aromatic rings. The third-order valence-corrected chi connectivity index (χ3v) is 6.53. The van der Waals surface area contributed by atoms with E-state index in [1.807, 2.05) is 24.3 Å². The molecule has 0 bridgehead atoms. The van der Waals surface area contributed by atoms with Gasteiger partial charge >= 0.3 is 5.97 Å². The van der Waals surface area contributed by atoms with Crippen molar-refractivity contribution in [2.24, 2.45) is 0 Å². The lowest BCUT2D eigenvalue weighted by Crippen LogP contribution is -2.24. The second-order valence-electron chi connectivity index (χ2n) is 7.70. The van der Waals surface area contributed by atoms with Crippen LogP contribution in [0.2, 0.25) is 0 Å². The van der Waals surface area contributed by atoms with E-state index < -0.39 is 16.0 Å². The number of anilines is 1. The number of nitrogens with one attached hydrogen (secondary N) is 2. The number of fused-ring (bicyclic) bond motifs is 1. The topological polar surface area (TPSA) is 125 Å². The number of aromatic carboxylic acids is 1. The second-order valence-corrected chi connectivity index (χ2v) is 10.6. The molecule has 1 heterocycles. The molecule has 3 aromatic carbocycles. The number of hydrogen-bond donors (Lipinski definition) is 3. The summed E-state index contributed by atoms with van der Waals surface area (Å²) in [5, 5.41) is 12.5. The van der Waals surface area contributed by atoms with Crippen molar-refractivity contribution in [3.05, 3.63) is 82.9 Å². The smallest absolute Gasteiger partial charge is 0.335 e. The molecule has 0 atom stereocenters. The van der Waals surface area contributed by atoms with Gasteiger partial charge in [-0.15, -0.1) is 11.3 Å². The largest absolute Gasteiger partial charge is 0.478 e. The van der Waals surface area contributed by atoms with Gasteiger partial charge in [-0.25, -0.2) is 18.2 Å². The number of carbonyl (C=O) groups excluding carboxylic acids is 1. The fourth-order valence-corrected chi connectivity index (χ4v) is 4.98. The zero-order valence-electron chi connectivity index (χ0n) is 18.1. The Morgan fingerprint density at radius 3 is 2.53 bits per heavy atom. The van der Waals surface area contributed by atoms with Crippen LogP contribution in [0.5, 0.6) is 0 Å². The molecule has 1 amide bonds. The van der Waals surface area contributed by atoms with Gasteiger partial charge in [0.15, 0.2) is 0 Å². The first-order valence-electron chi connectivity index (χ1n) is 10.2. The standard InChI is InChI=1S/C24H21N3O5S2/c1-34(31,32)27-19-7-3-5-16(11-19)17-8-9-20-21(12-17)33-23(26-20)13-22(28)25-14-15-4-2-6-18(10-15)24(29)30/h2-12,27H,13-14H2,1H3,(H,25,28)(H,29,30). The lowest BCUT2D eigenvalue weighted by molar-refractivity contribution is -0.120. The molecule has 1 aromatic heterocycles. The average Bonchev–Trinajstić information content (AvgIpc) is 3.18. The van der Waals surface area contributed by atoms with Crippen molar-refractivity contribution >= 4 is 49.1 Å². The Labute approximate surface area is 200 Å². The molecule has 34 heavy (non-hydrogen) atoms. The minimum absolute atomic E-state index is 0.112. The number of carboxylic acid groups (broad SMARTS) is 1. The van der Waals surface area contributed by atoms with Crippen LogP contribution in [0, 0.1) is 0 Å². The number of sulfonamides is 1. The summed E-state index contributed by atoms with van der Waals surface area (Å²) in [5.74, 6) is -1.22. The van der Waals surface area contributed by atoms with Crippen molar-refractivity contribution in [1.82, 2.24) is 10.3 Å². The summed E-state index contributed by atoms with van der Waals surface area (Å²) in [6.07, 6.45) is 1.22. The minimum atomic E-state index is -3.37. The molecule has 0 aliphatic heterocycles. The maximum atomic E-state index is 12.4. The van der Waals surface area contributed by atoms with Crippen molar-refractivity contribution in [2.75, 3.05) is 11.0 Å². The fraction of sp³-hybridized carbons (Fsp3) is 0.125. The third-order valence-electron chi connectivity index (χ3n) is 4.91. The Morgan fingerprint density at radius 1 is 1.00 bits per heavy atom. The molecule has 0 saturated heterocycles. The first-order valence-corrected chi connectivity index (χ1v) is 12.9. The van der Waals surface area contributed by atoms with Crippen LogP contribution in [0.1, 0.15) is 20.9 Å². The van der Waals surface area contributed by atoms with Crippen molar-refractivity contribution in [1.29, 1.82) is 0 Å². The highest BCUT2D eigenvalue weighted by Crippen LogP contribution is 2.30. The summed E-state index contributed by atoms with van der Waals surface area (Å²) in [4.78, 5) is 28.0. The van der Waals surface area contributed by atoms with Crippen molar-refractivity contribution in [3.8, 4) is 11.1 Å². The van der Waals surface area contributed by atoms with E-state index in [1.54, 1.807) is 30.3 Å². The van der Waals surface area contributed by atoms with Gasteiger partial charge in [-0.3, -0.25) is 9.52 Å². The van der Waals surface area contributed by atoms with E-state index in [0.29, 0.717) is 16.3 Å². The summed E-state index contributed by atoms with van der Waals surface area (Å²) >= 11 is 1.42. The molecule has 174 valence electrons. The molecule has 0 aliphatic carbocycles. The van der Waals surface area contributed by atoms with Gasteiger partial charge in [0, 0.05) is 12.2 Å². The highest BCUT2D eigenvalue weighted by Gasteiger charge is 2.11. The molecular weight excluding hydrogens is 474 g/mol. The number of benzene rings is 3. The van der Waals surface area contributed by atoms with Crippen LogP contribution < -0.4 is 10.0 Å². The lowest BCUT2D eigenvalue weighted by atomic mass is 10.1. The highest BCUT2D eigenvalue weighted by atomic mass is 32.2. The summed E-state index contributed by atoms with van der Waals surface area (Å²) in [7, 11) is -3.37. The van der Waals surface area contributed by atoms with E-state index in [0.717, 1.165) is 27.6 Å². The molecule has 8 nitrogen and oxygen atoms in total. The predicted molar refractivity (Wildman–Crippen MR) is 132 cm³/mol. The quantitative estimate of drug-likeness (QED) is 0.341. The second kappa shape index (κ2) is 9.62. The highest BCUT2D eigenvalue weighted by molar-refractivity contribution is 7.92. The molecule has 0 fully saturated rings. The molecule has 10 heteroatoms. The van der Waals surface area contributed by atoms with Gasteiger partial charge in [0.1, 0.15) is 5.01 Å². The number of carbonyl (C=O) groups is 2. The number of nitrogens with zero attached hydrogens (tertiary/aromatic N) is 1. The third kappa shape index (κ3) is 5.97. The lowest BCUT2D eigenvalue weighted by Gasteiger charge is -2.07. The van der Waals surface area contributed by atoms with Gasteiger partial charge in [0.2, 0.25) is 15.9 Å². The predicted octanol–water partition coefficient (Wildman–Crippen LogP) is 3.89. The summed E-state index contributed by atoms with van der Waals surface area (Å²) in [5.41, 5.74) is 3.89. The average molecular weight is 496 g/mol. The molecule has 3 N–H and O–H groups in total. The number of thiazole rings is 1. The molecular formula is C24H21N3O5S2. The molecule has 0 saturated carbocycles. The summed E-state index contributed by atoms with van der Waals surface area (Å²) in [6, 6.07) is 19.3. The Morgan fingerprint density at radius 2 is 1.76 bits per heavy atom. The van der Waals surface area contributed by atoms with Crippen molar-refractivity contribution < 1.29 is 23.1 Å². The van der Waals surface area contributed by atoms with Gasteiger partial charge in [0.25, 0.3) is 0 Å². The maximum absolute atomic E-state index is 12.4. The maximum Gasteiger partial charge on any atom is 0.335 e. The van der Waals surface area contributed by atoms with Crippen molar-refractivity contribution in [2.45, 2.75) is 13.0 Å². The van der Waals surface area contributed by atoms with Crippen molar-refractivity contribution in [3.63, 3.8) is 0 Å². The van der Waals surface area contributed by atoms with E-state index >= 15 is 0 Å². The Balaban J connectivity index is 1.45. The first-order chi connectivity index (χ1) is 16.2. The van der Waals surface area contributed by atoms with Gasteiger partial charge in [-0.05, 0) is 53.1 Å². The molecule has 0 radical (unpaired) electrons. The summed E-state index contributed by atoms with van der Waals surface area (Å²) in [6.45, 7) is 0.229. The van der Waals surface area contributed by atoms with Crippen LogP contribution in [-0.4, -0.2) is 36.6 Å². The Hall–Kier alpha value is -3.76. The number of hydrogen-bond acceptors (Lipinski definition) is 6. The monoisotopic (exact) mass is 495 g/mol. The van der Waals surface area contributed by atoms with Crippen LogP contribution in [0.4, 0.5) is 5.69 Å². The van der Waals surface area contributed by atoms with Gasteiger partial charge in [-0.1, -0.05) is 30.3 Å². The van der Waals surface area contributed by atoms with E-state index in [-0.39, 0.29) is 24.4 Å². The zero-order valence-corrected chi connectivity index (χ0v) is 19.7. The normalized spacial score (nSPS) is 11.3. The zero-order chi connectivity index (χ0) is 24.3. The van der Waals surface area contributed by atoms with E-state index in [1.165, 1.54) is 23.5 Å². The van der Waals surface area contributed by atoms with Crippen LogP contribution in [0.25, 0.3) is 21.3 Å². The molecule has 0 unspecified atom stereocenters. The number of rotatable bonds is 8. The molecule has 0 spiro atoms. The van der Waals surface area contributed by atoms with E-state index in [2.05, 4.69) is 15.0 Å². The molecule has 4 rings (SSSR count). The van der Waals surface area contributed by atoms with Crippen LogP contribution >= 0.6 is 11.3 Å². The number of aromatic nitrogens is 1. The van der Waals surface area contributed by atoms with Gasteiger partial charge < -0.3 is 10.4 Å². The van der Waals surface area contributed by atoms with Crippen LogP contribution in [0.3, 0.4) is 0 Å². The SMILES string of the molecule is CS(=O)(=O)Nc1cccc(-c2ccc3nc(CC(=O)NCc4cccc(C(=O)O)c4)sc3c2)c1. The molecule has 0 aliphatic rings. The number of amides is 1. The Bertz CT molecular complexity index is 1500. The van der Waals surface area contributed by atoms with E-state index in [4.69, 9.17) is 5.11 Å². The van der Waals surface area contributed by atoms with Crippen LogP contribution in [0.15, 0.2) is 66.7 Å². The van der Waals surface area contributed by atoms with Crippen LogP contribution in [-0.2, 0) is 27.8 Å². The van der Waals surface area contributed by atoms with Gasteiger partial charge in [0.05, 0.1) is 28.5 Å². The number of carboxylic acids is 1. The van der Waals surface area contributed by atoms with E-state index in [9.17, 15) is 18.0 Å². The van der Waals surface area contributed by atoms with Gasteiger partial charge in [-0.2, -0.15) is 0 Å². The summed E-state index contributed by atoms with van der Waals surface area (Å²) < 4.78 is 26.4. The Kier molecular flexibility index (Phi) is 6.62. The fourth-order valence-electron chi connectivity index (χ4n) is 3.42. The minimum Gasteiger partial charge on any atom is -0.478 e. The first kappa shape index (κ1) is 23.4.